The monoisotopic (exact) mass is 491 g/mol. The summed E-state index contributed by atoms with van der Waals surface area (Å²) in [6.45, 7) is -2.95. The minimum atomic E-state index is -4.06. The van der Waals surface area contributed by atoms with Crippen LogP contribution in [-0.4, -0.2) is 15.0 Å². The van der Waals surface area contributed by atoms with Gasteiger partial charge in [-0.25, -0.2) is 8.42 Å². The van der Waals surface area contributed by atoms with Crippen molar-refractivity contribution < 1.29 is 21.9 Å². The molecule has 9 heteroatoms. The number of benzene rings is 2. The maximum absolute atomic E-state index is 12.7. The summed E-state index contributed by atoms with van der Waals surface area (Å²) >= 11 is 6.35. The Labute approximate surface area is 159 Å². The average Bonchev–Trinajstić information content (AvgIpc) is 2.55. The molecule has 0 amide bonds. The number of hydrogen-bond donors (Lipinski definition) is 0. The van der Waals surface area contributed by atoms with Crippen LogP contribution in [0.3, 0.4) is 0 Å². The minimum absolute atomic E-state index is 0.0627. The van der Waals surface area contributed by atoms with Crippen LogP contribution in [0.5, 0.6) is 5.75 Å². The first-order chi connectivity index (χ1) is 11.7. The highest BCUT2D eigenvalue weighted by molar-refractivity contribution is 9.11. The van der Waals surface area contributed by atoms with Crippen molar-refractivity contribution in [2.75, 3.05) is 0 Å². The summed E-state index contributed by atoms with van der Waals surface area (Å²) in [5.74, 6) is -0.0664. The van der Waals surface area contributed by atoms with Gasteiger partial charge in [-0.3, -0.25) is 0 Å². The molecular formula is C16H9Br2F2NO3S. The predicted octanol–water partition coefficient (Wildman–Crippen LogP) is 5.15. The molecule has 0 spiro atoms. The highest BCUT2D eigenvalue weighted by Gasteiger charge is 2.23. The number of nitriles is 1. The van der Waals surface area contributed by atoms with Crippen LogP contribution >= 0.6 is 31.9 Å². The van der Waals surface area contributed by atoms with Gasteiger partial charge in [0.2, 0.25) is 9.84 Å². The van der Waals surface area contributed by atoms with E-state index in [2.05, 4.69) is 36.6 Å². The van der Waals surface area contributed by atoms with Crippen molar-refractivity contribution in [2.45, 2.75) is 11.5 Å². The van der Waals surface area contributed by atoms with E-state index in [1.165, 1.54) is 30.3 Å². The molecule has 0 aliphatic rings. The van der Waals surface area contributed by atoms with E-state index in [4.69, 9.17) is 0 Å². The summed E-state index contributed by atoms with van der Waals surface area (Å²) in [6, 6.07) is 11.5. The van der Waals surface area contributed by atoms with Gasteiger partial charge in [0.15, 0.2) is 0 Å². The number of nitrogens with zero attached hydrogens (tertiary/aromatic N) is 1. The van der Waals surface area contributed by atoms with E-state index in [0.29, 0.717) is 14.5 Å². The van der Waals surface area contributed by atoms with Crippen LogP contribution in [0.1, 0.15) is 5.56 Å². The van der Waals surface area contributed by atoms with E-state index >= 15 is 0 Å². The van der Waals surface area contributed by atoms with Gasteiger partial charge in [0.1, 0.15) is 16.7 Å². The summed E-state index contributed by atoms with van der Waals surface area (Å²) in [7, 11) is -4.06. The molecule has 25 heavy (non-hydrogen) atoms. The quantitative estimate of drug-likeness (QED) is 0.541. The zero-order chi connectivity index (χ0) is 18.6. The molecule has 0 unspecified atom stereocenters. The second kappa shape index (κ2) is 8.08. The van der Waals surface area contributed by atoms with Crippen LogP contribution in [0.15, 0.2) is 61.2 Å². The Balaban J connectivity index is 2.43. The number of ether oxygens (including phenoxy) is 1. The molecule has 0 N–H and O–H groups in total. The molecule has 130 valence electrons. The zero-order valence-electron chi connectivity index (χ0n) is 12.3. The van der Waals surface area contributed by atoms with E-state index in [1.807, 2.05) is 0 Å². The normalized spacial score (nSPS) is 12.1. The van der Waals surface area contributed by atoms with Gasteiger partial charge >= 0.3 is 6.61 Å². The Morgan fingerprint density at radius 1 is 1.16 bits per heavy atom. The number of hydrogen-bond acceptors (Lipinski definition) is 4. The Bertz CT molecular complexity index is 952. The van der Waals surface area contributed by atoms with Crippen LogP contribution in [-0.2, 0) is 9.84 Å². The fraction of sp³-hybridized carbons (Fsp3) is 0.0625. The third-order valence-corrected chi connectivity index (χ3v) is 6.14. The molecule has 0 aliphatic heterocycles. The van der Waals surface area contributed by atoms with Crippen LogP contribution in [0.25, 0.3) is 6.08 Å². The molecule has 0 aliphatic carbocycles. The molecular weight excluding hydrogens is 484 g/mol. The van der Waals surface area contributed by atoms with E-state index in [-0.39, 0.29) is 10.6 Å². The van der Waals surface area contributed by atoms with Crippen molar-refractivity contribution in [3.63, 3.8) is 0 Å². The second-order valence-corrected chi connectivity index (χ2v) is 8.30. The molecule has 0 aromatic heterocycles. The van der Waals surface area contributed by atoms with Gasteiger partial charge in [-0.15, -0.1) is 0 Å². The summed E-state index contributed by atoms with van der Waals surface area (Å²) in [5.41, 5.74) is 0.355. The lowest BCUT2D eigenvalue weighted by Gasteiger charge is -2.07. The van der Waals surface area contributed by atoms with Crippen LogP contribution in [0.2, 0.25) is 0 Å². The molecule has 2 rings (SSSR count). The molecule has 4 nitrogen and oxygen atoms in total. The van der Waals surface area contributed by atoms with Gasteiger partial charge in [-0.05, 0) is 57.9 Å². The molecule has 0 heterocycles. The van der Waals surface area contributed by atoms with Crippen molar-refractivity contribution >= 4 is 47.8 Å². The first-order valence-corrected chi connectivity index (χ1v) is 9.68. The number of halogens is 4. The first-order valence-electron chi connectivity index (χ1n) is 6.61. The predicted molar refractivity (Wildman–Crippen MR) is 95.7 cm³/mol. The lowest BCUT2D eigenvalue weighted by atomic mass is 10.2. The topological polar surface area (TPSA) is 67.2 Å². The molecule has 0 atom stereocenters. The largest absolute Gasteiger partial charge is 0.435 e. The van der Waals surface area contributed by atoms with Crippen molar-refractivity contribution in [3.05, 3.63) is 61.9 Å². The highest BCUT2D eigenvalue weighted by Crippen LogP contribution is 2.30. The van der Waals surface area contributed by atoms with Crippen molar-refractivity contribution in [3.8, 4) is 11.8 Å². The summed E-state index contributed by atoms with van der Waals surface area (Å²) < 4.78 is 54.7. The van der Waals surface area contributed by atoms with E-state index in [1.54, 1.807) is 18.2 Å². The van der Waals surface area contributed by atoms with Gasteiger partial charge in [-0.2, -0.15) is 14.0 Å². The Kier molecular flexibility index (Phi) is 6.32. The smallest absolute Gasteiger partial charge is 0.387 e. The third-order valence-electron chi connectivity index (χ3n) is 2.99. The fourth-order valence-corrected chi connectivity index (χ4v) is 4.52. The molecule has 0 saturated carbocycles. The Morgan fingerprint density at radius 2 is 1.80 bits per heavy atom. The van der Waals surface area contributed by atoms with Gasteiger partial charge in [0, 0.05) is 8.95 Å². The van der Waals surface area contributed by atoms with Crippen molar-refractivity contribution in [2.24, 2.45) is 0 Å². The van der Waals surface area contributed by atoms with Crippen LogP contribution in [0, 0.1) is 11.3 Å². The maximum atomic E-state index is 12.7. The third kappa shape index (κ3) is 4.87. The summed E-state index contributed by atoms with van der Waals surface area (Å²) in [4.78, 5) is -0.541. The Hall–Kier alpha value is -1.76. The lowest BCUT2D eigenvalue weighted by molar-refractivity contribution is -0.0498. The molecule has 0 saturated heterocycles. The van der Waals surface area contributed by atoms with Crippen molar-refractivity contribution in [1.82, 2.24) is 0 Å². The molecule has 0 fully saturated rings. The number of sulfone groups is 1. The van der Waals surface area contributed by atoms with Gasteiger partial charge < -0.3 is 4.74 Å². The fourth-order valence-electron chi connectivity index (χ4n) is 1.87. The second-order valence-electron chi connectivity index (χ2n) is 4.65. The van der Waals surface area contributed by atoms with Crippen LogP contribution in [0.4, 0.5) is 8.78 Å². The van der Waals surface area contributed by atoms with Gasteiger partial charge in [0.25, 0.3) is 0 Å². The zero-order valence-corrected chi connectivity index (χ0v) is 16.3. The molecule has 0 radical (unpaired) electrons. The van der Waals surface area contributed by atoms with Gasteiger partial charge in [-0.1, -0.05) is 28.1 Å². The minimum Gasteiger partial charge on any atom is -0.435 e. The molecule has 2 aromatic carbocycles. The van der Waals surface area contributed by atoms with Crippen LogP contribution < -0.4 is 4.74 Å². The SMILES string of the molecule is N#CC(=Cc1ccc(OC(F)F)cc1)S(=O)(=O)c1cc(Br)ccc1Br. The maximum Gasteiger partial charge on any atom is 0.387 e. The number of allylic oxidation sites excluding steroid dienone is 1. The summed E-state index contributed by atoms with van der Waals surface area (Å²) in [5, 5.41) is 9.27. The number of alkyl halides is 2. The molecule has 2 aromatic rings. The van der Waals surface area contributed by atoms with E-state index in [9.17, 15) is 22.5 Å². The van der Waals surface area contributed by atoms with Crippen molar-refractivity contribution in [1.29, 1.82) is 5.26 Å². The average molecular weight is 493 g/mol. The first kappa shape index (κ1) is 19.6. The van der Waals surface area contributed by atoms with Gasteiger partial charge in [0.05, 0.1) is 4.90 Å². The van der Waals surface area contributed by atoms with E-state index in [0.717, 1.165) is 6.08 Å². The molecule has 0 bridgehead atoms. The summed E-state index contributed by atoms with van der Waals surface area (Å²) in [6.07, 6.45) is 1.16. The van der Waals surface area contributed by atoms with E-state index < -0.39 is 21.4 Å². The number of rotatable bonds is 5. The Morgan fingerprint density at radius 3 is 2.36 bits per heavy atom. The standard InChI is InChI=1S/C16H9Br2F2NO3S/c17-11-3-6-14(18)15(8-11)25(22,23)13(9-21)7-10-1-4-12(5-2-10)24-16(19)20/h1-8,16H. The lowest BCUT2D eigenvalue weighted by Crippen LogP contribution is -2.05. The highest BCUT2D eigenvalue weighted by atomic mass is 79.9.